The zero-order valence-electron chi connectivity index (χ0n) is 9.96. The first-order valence-corrected chi connectivity index (χ1v) is 7.53. The number of aryl methyl sites for hydroxylation is 1. The Labute approximate surface area is 119 Å². The second kappa shape index (κ2) is 5.14. The van der Waals surface area contributed by atoms with Crippen LogP contribution in [0.15, 0.2) is 40.0 Å². The summed E-state index contributed by atoms with van der Waals surface area (Å²) in [4.78, 5) is 7.69. The number of nitrogen functional groups attached to an aromatic ring is 1. The summed E-state index contributed by atoms with van der Waals surface area (Å²) in [7, 11) is -3.82. The first-order chi connectivity index (χ1) is 8.90. The SMILES string of the molecule is Cc1cccnc1NS(=O)(=O)c1cc(Br)cnc1N. The minimum Gasteiger partial charge on any atom is -0.383 e. The van der Waals surface area contributed by atoms with E-state index in [4.69, 9.17) is 5.73 Å². The van der Waals surface area contributed by atoms with E-state index in [2.05, 4.69) is 30.6 Å². The van der Waals surface area contributed by atoms with E-state index >= 15 is 0 Å². The molecule has 0 unspecified atom stereocenters. The molecule has 0 saturated heterocycles. The lowest BCUT2D eigenvalue weighted by Gasteiger charge is -2.10. The summed E-state index contributed by atoms with van der Waals surface area (Å²) < 4.78 is 27.4. The van der Waals surface area contributed by atoms with Gasteiger partial charge in [0.25, 0.3) is 10.0 Å². The largest absolute Gasteiger partial charge is 0.383 e. The average Bonchev–Trinajstić information content (AvgIpc) is 2.35. The number of aromatic nitrogens is 2. The van der Waals surface area contributed by atoms with E-state index in [1.165, 1.54) is 18.5 Å². The molecule has 2 heterocycles. The quantitative estimate of drug-likeness (QED) is 0.887. The van der Waals surface area contributed by atoms with E-state index in [0.717, 1.165) is 0 Å². The third-order valence-electron chi connectivity index (χ3n) is 2.38. The molecule has 0 aliphatic carbocycles. The monoisotopic (exact) mass is 342 g/mol. The molecule has 2 rings (SSSR count). The first kappa shape index (κ1) is 13.8. The Balaban J connectivity index is 2.44. The van der Waals surface area contributed by atoms with Gasteiger partial charge in [-0.3, -0.25) is 4.72 Å². The third-order valence-corrected chi connectivity index (χ3v) is 4.18. The van der Waals surface area contributed by atoms with E-state index in [1.807, 2.05) is 0 Å². The lowest BCUT2D eigenvalue weighted by atomic mass is 10.3. The van der Waals surface area contributed by atoms with Crippen molar-refractivity contribution in [1.29, 1.82) is 0 Å². The van der Waals surface area contributed by atoms with Gasteiger partial charge in [0.05, 0.1) is 0 Å². The number of nitrogens with zero attached hydrogens (tertiary/aromatic N) is 2. The number of pyridine rings is 2. The van der Waals surface area contributed by atoms with Gasteiger partial charge in [0.15, 0.2) is 0 Å². The first-order valence-electron chi connectivity index (χ1n) is 5.25. The predicted octanol–water partition coefficient (Wildman–Crippen LogP) is 1.93. The van der Waals surface area contributed by atoms with Crippen LogP contribution in [0.2, 0.25) is 0 Å². The molecule has 2 aromatic rings. The van der Waals surface area contributed by atoms with E-state index < -0.39 is 10.0 Å². The van der Waals surface area contributed by atoms with Crippen molar-refractivity contribution >= 4 is 37.6 Å². The molecule has 0 saturated carbocycles. The normalized spacial score (nSPS) is 11.3. The Hall–Kier alpha value is -1.67. The van der Waals surface area contributed by atoms with E-state index in [-0.39, 0.29) is 16.5 Å². The zero-order chi connectivity index (χ0) is 14.0. The highest BCUT2D eigenvalue weighted by atomic mass is 79.9. The molecule has 0 aliphatic rings. The molecule has 0 spiro atoms. The Morgan fingerprint density at radius 1 is 1.37 bits per heavy atom. The van der Waals surface area contributed by atoms with Crippen LogP contribution in [0.25, 0.3) is 0 Å². The van der Waals surface area contributed by atoms with Crippen LogP contribution in [0.5, 0.6) is 0 Å². The lowest BCUT2D eigenvalue weighted by Crippen LogP contribution is -2.17. The van der Waals surface area contributed by atoms with Gasteiger partial charge in [0.1, 0.15) is 16.5 Å². The van der Waals surface area contributed by atoms with Gasteiger partial charge < -0.3 is 5.73 Å². The highest BCUT2D eigenvalue weighted by Crippen LogP contribution is 2.23. The van der Waals surface area contributed by atoms with Crippen molar-refractivity contribution in [2.24, 2.45) is 0 Å². The molecule has 0 aromatic carbocycles. The maximum Gasteiger partial charge on any atom is 0.266 e. The molecule has 0 aliphatic heterocycles. The summed E-state index contributed by atoms with van der Waals surface area (Å²) in [5.74, 6) is 0.200. The van der Waals surface area contributed by atoms with Crippen LogP contribution in [0.3, 0.4) is 0 Å². The van der Waals surface area contributed by atoms with Crippen molar-refractivity contribution in [1.82, 2.24) is 9.97 Å². The Bertz CT molecular complexity index is 718. The molecular weight excluding hydrogens is 332 g/mol. The highest BCUT2D eigenvalue weighted by Gasteiger charge is 2.20. The van der Waals surface area contributed by atoms with Crippen LogP contribution >= 0.6 is 15.9 Å². The average molecular weight is 343 g/mol. The van der Waals surface area contributed by atoms with Crippen molar-refractivity contribution in [3.8, 4) is 0 Å². The summed E-state index contributed by atoms with van der Waals surface area (Å²) >= 11 is 3.16. The number of halogens is 1. The summed E-state index contributed by atoms with van der Waals surface area (Å²) in [6.07, 6.45) is 2.94. The van der Waals surface area contributed by atoms with Crippen molar-refractivity contribution in [2.75, 3.05) is 10.5 Å². The standard InChI is InChI=1S/C11H11BrN4O2S/c1-7-3-2-4-14-11(7)16-19(17,18)9-5-8(12)6-15-10(9)13/h2-6H,1H3,(H2,13,15)(H,14,16). The number of rotatable bonds is 3. The number of anilines is 2. The molecule has 0 fully saturated rings. The molecule has 19 heavy (non-hydrogen) atoms. The molecule has 100 valence electrons. The fraction of sp³-hybridized carbons (Fsp3) is 0.0909. The van der Waals surface area contributed by atoms with Crippen LogP contribution in [0.4, 0.5) is 11.6 Å². The highest BCUT2D eigenvalue weighted by molar-refractivity contribution is 9.10. The van der Waals surface area contributed by atoms with Crippen LogP contribution in [-0.2, 0) is 10.0 Å². The fourth-order valence-corrected chi connectivity index (χ4v) is 3.09. The Kier molecular flexibility index (Phi) is 3.72. The van der Waals surface area contributed by atoms with Gasteiger partial charge in [-0.05, 0) is 40.5 Å². The number of nitrogens with one attached hydrogen (secondary N) is 1. The van der Waals surface area contributed by atoms with E-state index in [0.29, 0.717) is 10.0 Å². The molecule has 6 nitrogen and oxygen atoms in total. The topological polar surface area (TPSA) is 98.0 Å². The maximum absolute atomic E-state index is 12.2. The van der Waals surface area contributed by atoms with Gasteiger partial charge in [-0.15, -0.1) is 0 Å². The second-order valence-corrected chi connectivity index (χ2v) is 6.38. The van der Waals surface area contributed by atoms with Gasteiger partial charge in [0, 0.05) is 16.9 Å². The van der Waals surface area contributed by atoms with Gasteiger partial charge in [-0.25, -0.2) is 18.4 Å². The number of nitrogens with two attached hydrogens (primary N) is 1. The lowest BCUT2D eigenvalue weighted by molar-refractivity contribution is 0.601. The van der Waals surface area contributed by atoms with E-state index in [9.17, 15) is 8.42 Å². The van der Waals surface area contributed by atoms with Gasteiger partial charge >= 0.3 is 0 Å². The molecule has 0 radical (unpaired) electrons. The zero-order valence-corrected chi connectivity index (χ0v) is 12.4. The molecule has 0 amide bonds. The number of hydrogen-bond acceptors (Lipinski definition) is 5. The van der Waals surface area contributed by atoms with Gasteiger partial charge in [-0.2, -0.15) is 0 Å². The van der Waals surface area contributed by atoms with Crippen LogP contribution in [0, 0.1) is 6.92 Å². The molecule has 0 atom stereocenters. The Morgan fingerprint density at radius 2 is 2.11 bits per heavy atom. The summed E-state index contributed by atoms with van der Waals surface area (Å²) in [6, 6.07) is 4.87. The summed E-state index contributed by atoms with van der Waals surface area (Å²) in [5.41, 5.74) is 6.31. The maximum atomic E-state index is 12.2. The van der Waals surface area contributed by atoms with Crippen molar-refractivity contribution in [3.63, 3.8) is 0 Å². The Morgan fingerprint density at radius 3 is 2.79 bits per heavy atom. The second-order valence-electron chi connectivity index (χ2n) is 3.81. The molecular formula is C11H11BrN4O2S. The van der Waals surface area contributed by atoms with Crippen LogP contribution in [0.1, 0.15) is 5.56 Å². The van der Waals surface area contributed by atoms with Crippen LogP contribution < -0.4 is 10.5 Å². The van der Waals surface area contributed by atoms with E-state index in [1.54, 1.807) is 19.1 Å². The fourth-order valence-electron chi connectivity index (χ4n) is 1.42. The van der Waals surface area contributed by atoms with Gasteiger partial charge in [0.2, 0.25) is 0 Å². The minimum absolute atomic E-state index is 0.0655. The molecule has 8 heteroatoms. The number of hydrogen-bond donors (Lipinski definition) is 2. The number of sulfonamides is 1. The smallest absolute Gasteiger partial charge is 0.266 e. The molecule has 0 bridgehead atoms. The van der Waals surface area contributed by atoms with Crippen molar-refractivity contribution in [2.45, 2.75) is 11.8 Å². The van der Waals surface area contributed by atoms with Crippen molar-refractivity contribution < 1.29 is 8.42 Å². The van der Waals surface area contributed by atoms with Crippen LogP contribution in [-0.4, -0.2) is 18.4 Å². The third kappa shape index (κ3) is 3.02. The molecule has 2 aromatic heterocycles. The molecule has 3 N–H and O–H groups in total. The summed E-state index contributed by atoms with van der Waals surface area (Å²) in [6.45, 7) is 1.76. The summed E-state index contributed by atoms with van der Waals surface area (Å²) in [5, 5.41) is 0. The van der Waals surface area contributed by atoms with Gasteiger partial charge in [-0.1, -0.05) is 6.07 Å². The van der Waals surface area contributed by atoms with Crippen molar-refractivity contribution in [3.05, 3.63) is 40.6 Å². The predicted molar refractivity (Wildman–Crippen MR) is 76.1 cm³/mol. The minimum atomic E-state index is -3.82.